The van der Waals surface area contributed by atoms with Crippen LogP contribution in [0.15, 0.2) is 36.4 Å². The minimum absolute atomic E-state index is 0.0737. The van der Waals surface area contributed by atoms with E-state index < -0.39 is 17.5 Å². The van der Waals surface area contributed by atoms with Gasteiger partial charge in [-0.15, -0.1) is 0 Å². The Morgan fingerprint density at radius 2 is 1.62 bits per heavy atom. The topological polar surface area (TPSA) is 41.1 Å². The van der Waals surface area contributed by atoms with E-state index in [2.05, 4.69) is 10.6 Å². The predicted octanol–water partition coefficient (Wildman–Crippen LogP) is 4.32. The molecule has 0 saturated heterocycles. The van der Waals surface area contributed by atoms with Gasteiger partial charge in [0.2, 0.25) is 5.91 Å². The van der Waals surface area contributed by atoms with Crippen LogP contribution in [0, 0.1) is 11.6 Å². The van der Waals surface area contributed by atoms with E-state index in [9.17, 15) is 13.6 Å². The highest BCUT2D eigenvalue weighted by molar-refractivity contribution is 6.35. The summed E-state index contributed by atoms with van der Waals surface area (Å²) in [6.07, 6.45) is 0. The molecule has 0 aromatic heterocycles. The summed E-state index contributed by atoms with van der Waals surface area (Å²) < 4.78 is 25.8. The maximum absolute atomic E-state index is 13.0. The quantitative estimate of drug-likeness (QED) is 0.876. The number of halogens is 4. The molecule has 0 heterocycles. The molecule has 0 saturated carbocycles. The van der Waals surface area contributed by atoms with E-state index in [1.54, 1.807) is 18.2 Å². The summed E-state index contributed by atoms with van der Waals surface area (Å²) in [5, 5.41) is 6.13. The van der Waals surface area contributed by atoms with Gasteiger partial charge in [0, 0.05) is 27.5 Å². The molecule has 0 bridgehead atoms. The van der Waals surface area contributed by atoms with Gasteiger partial charge in [-0.05, 0) is 30.3 Å². The smallest absolute Gasteiger partial charge is 0.243 e. The van der Waals surface area contributed by atoms with Crippen molar-refractivity contribution in [2.75, 3.05) is 17.2 Å². The molecule has 110 valence electrons. The summed E-state index contributed by atoms with van der Waals surface area (Å²) >= 11 is 11.7. The zero-order valence-corrected chi connectivity index (χ0v) is 12.1. The molecule has 2 aromatic carbocycles. The van der Waals surface area contributed by atoms with Crippen molar-refractivity contribution < 1.29 is 13.6 Å². The third kappa shape index (κ3) is 4.58. The summed E-state index contributed by atoms with van der Waals surface area (Å²) in [6, 6.07) is 7.90. The van der Waals surface area contributed by atoms with Crippen molar-refractivity contribution in [2.45, 2.75) is 0 Å². The highest BCUT2D eigenvalue weighted by Crippen LogP contribution is 2.22. The molecule has 2 aromatic rings. The minimum Gasteiger partial charge on any atom is -0.376 e. The number of hydrogen-bond donors (Lipinski definition) is 2. The SMILES string of the molecule is O=C(CNc1cc(Cl)cc(Cl)c1)Nc1ccc(F)c(F)c1. The molecule has 0 aliphatic heterocycles. The van der Waals surface area contributed by atoms with Crippen LogP contribution in [-0.4, -0.2) is 12.5 Å². The van der Waals surface area contributed by atoms with Crippen molar-refractivity contribution in [3.05, 3.63) is 58.1 Å². The molecule has 1 amide bonds. The highest BCUT2D eigenvalue weighted by atomic mass is 35.5. The summed E-state index contributed by atoms with van der Waals surface area (Å²) in [7, 11) is 0. The first-order valence-corrected chi connectivity index (χ1v) is 6.64. The lowest BCUT2D eigenvalue weighted by atomic mass is 10.3. The van der Waals surface area contributed by atoms with Gasteiger partial charge in [0.05, 0.1) is 6.54 Å². The van der Waals surface area contributed by atoms with Gasteiger partial charge in [-0.25, -0.2) is 8.78 Å². The maximum Gasteiger partial charge on any atom is 0.243 e. The number of carbonyl (C=O) groups excluding carboxylic acids is 1. The Labute approximate surface area is 129 Å². The fraction of sp³-hybridized carbons (Fsp3) is 0.0714. The molecule has 0 aliphatic carbocycles. The largest absolute Gasteiger partial charge is 0.376 e. The third-order valence-corrected chi connectivity index (χ3v) is 2.96. The lowest BCUT2D eigenvalue weighted by Gasteiger charge is -2.09. The first-order valence-electron chi connectivity index (χ1n) is 5.89. The number of rotatable bonds is 4. The van der Waals surface area contributed by atoms with Gasteiger partial charge < -0.3 is 10.6 Å². The van der Waals surface area contributed by atoms with Gasteiger partial charge in [0.15, 0.2) is 11.6 Å². The summed E-state index contributed by atoms with van der Waals surface area (Å²) in [5.41, 5.74) is 0.748. The normalized spacial score (nSPS) is 10.3. The second kappa shape index (κ2) is 6.74. The number of anilines is 2. The van der Waals surface area contributed by atoms with Gasteiger partial charge in [0.25, 0.3) is 0 Å². The molecule has 3 nitrogen and oxygen atoms in total. The molecule has 2 N–H and O–H groups in total. The average molecular weight is 331 g/mol. The van der Waals surface area contributed by atoms with Crippen molar-refractivity contribution in [3.63, 3.8) is 0 Å². The van der Waals surface area contributed by atoms with E-state index >= 15 is 0 Å². The molecule has 7 heteroatoms. The van der Waals surface area contributed by atoms with Crippen LogP contribution in [0.1, 0.15) is 0 Å². The summed E-state index contributed by atoms with van der Waals surface area (Å²) in [4.78, 5) is 11.7. The number of hydrogen-bond acceptors (Lipinski definition) is 2. The van der Waals surface area contributed by atoms with Crippen molar-refractivity contribution in [1.29, 1.82) is 0 Å². The van der Waals surface area contributed by atoms with Gasteiger partial charge in [-0.3, -0.25) is 4.79 Å². The first kappa shape index (κ1) is 15.5. The van der Waals surface area contributed by atoms with E-state index in [1.807, 2.05) is 0 Å². The van der Waals surface area contributed by atoms with Crippen LogP contribution in [0.5, 0.6) is 0 Å². The van der Waals surface area contributed by atoms with Crippen LogP contribution in [-0.2, 0) is 4.79 Å². The molecule has 0 spiro atoms. The van der Waals surface area contributed by atoms with Crippen molar-refractivity contribution >= 4 is 40.5 Å². The molecule has 0 unspecified atom stereocenters. The second-order valence-electron chi connectivity index (χ2n) is 4.19. The fourth-order valence-corrected chi connectivity index (χ4v) is 2.14. The van der Waals surface area contributed by atoms with Crippen LogP contribution >= 0.6 is 23.2 Å². The Hall–Kier alpha value is -1.85. The Balaban J connectivity index is 1.94. The van der Waals surface area contributed by atoms with Crippen LogP contribution in [0.3, 0.4) is 0 Å². The fourth-order valence-electron chi connectivity index (χ4n) is 1.62. The standard InChI is InChI=1S/C14H10Cl2F2N2O/c15-8-3-9(16)5-11(4-8)19-7-14(21)20-10-1-2-12(17)13(18)6-10/h1-6,19H,7H2,(H,20,21). The summed E-state index contributed by atoms with van der Waals surface area (Å²) in [6.45, 7) is -0.0737. The van der Waals surface area contributed by atoms with Crippen LogP contribution in [0.2, 0.25) is 10.0 Å². The van der Waals surface area contributed by atoms with Gasteiger partial charge in [-0.1, -0.05) is 23.2 Å². The Morgan fingerprint density at radius 1 is 0.952 bits per heavy atom. The monoisotopic (exact) mass is 330 g/mol. The molecule has 0 atom stereocenters. The van der Waals surface area contributed by atoms with Gasteiger partial charge >= 0.3 is 0 Å². The van der Waals surface area contributed by atoms with Crippen molar-refractivity contribution in [1.82, 2.24) is 0 Å². The zero-order valence-electron chi connectivity index (χ0n) is 10.6. The lowest BCUT2D eigenvalue weighted by Crippen LogP contribution is -2.21. The molecule has 21 heavy (non-hydrogen) atoms. The molecule has 0 aliphatic rings. The van der Waals surface area contributed by atoms with E-state index in [0.717, 1.165) is 12.1 Å². The number of carbonyl (C=O) groups is 1. The molecule has 0 fully saturated rings. The summed E-state index contributed by atoms with van der Waals surface area (Å²) in [5.74, 6) is -2.42. The molecular formula is C14H10Cl2F2N2O. The number of benzene rings is 2. The molecule has 0 radical (unpaired) electrons. The van der Waals surface area contributed by atoms with E-state index in [0.29, 0.717) is 15.7 Å². The minimum atomic E-state index is -1.03. The van der Waals surface area contributed by atoms with Gasteiger partial charge in [0.1, 0.15) is 0 Å². The predicted molar refractivity (Wildman–Crippen MR) is 79.9 cm³/mol. The highest BCUT2D eigenvalue weighted by Gasteiger charge is 2.06. The number of nitrogens with one attached hydrogen (secondary N) is 2. The first-order chi connectivity index (χ1) is 9.94. The Morgan fingerprint density at radius 3 is 2.24 bits per heavy atom. The van der Waals surface area contributed by atoms with Crippen molar-refractivity contribution in [3.8, 4) is 0 Å². The maximum atomic E-state index is 13.0. The zero-order chi connectivity index (χ0) is 15.4. The van der Waals surface area contributed by atoms with Crippen LogP contribution in [0.4, 0.5) is 20.2 Å². The van der Waals surface area contributed by atoms with E-state index in [1.165, 1.54) is 6.07 Å². The Kier molecular flexibility index (Phi) is 4.98. The average Bonchev–Trinajstić information content (AvgIpc) is 2.40. The Bertz CT molecular complexity index is 660. The van der Waals surface area contributed by atoms with Crippen LogP contribution < -0.4 is 10.6 Å². The van der Waals surface area contributed by atoms with E-state index in [-0.39, 0.29) is 12.2 Å². The van der Waals surface area contributed by atoms with Gasteiger partial charge in [-0.2, -0.15) is 0 Å². The lowest BCUT2D eigenvalue weighted by molar-refractivity contribution is -0.114. The molecular weight excluding hydrogens is 321 g/mol. The van der Waals surface area contributed by atoms with E-state index in [4.69, 9.17) is 23.2 Å². The number of amides is 1. The van der Waals surface area contributed by atoms with Crippen LogP contribution in [0.25, 0.3) is 0 Å². The van der Waals surface area contributed by atoms with Crippen molar-refractivity contribution in [2.24, 2.45) is 0 Å². The molecule has 2 rings (SSSR count). The second-order valence-corrected chi connectivity index (χ2v) is 5.06. The third-order valence-electron chi connectivity index (χ3n) is 2.52.